The summed E-state index contributed by atoms with van der Waals surface area (Å²) in [6, 6.07) is 7.97. The molecular formula is C20H22FN5O3. The molecule has 29 heavy (non-hydrogen) atoms. The first-order valence-corrected chi connectivity index (χ1v) is 8.97. The molecule has 3 rings (SSSR count). The fourth-order valence-corrected chi connectivity index (χ4v) is 2.65. The molecule has 1 aromatic carbocycles. The van der Waals surface area contributed by atoms with Gasteiger partial charge in [0.25, 0.3) is 11.5 Å². The molecule has 1 amide bonds. The normalized spacial score (nSPS) is 11.5. The van der Waals surface area contributed by atoms with Gasteiger partial charge in [-0.05, 0) is 25.5 Å². The van der Waals surface area contributed by atoms with Gasteiger partial charge in [0.1, 0.15) is 17.9 Å². The maximum Gasteiger partial charge on any atom is 0.284 e. The number of halogens is 1. The van der Waals surface area contributed by atoms with Gasteiger partial charge in [-0.15, -0.1) is 0 Å². The fraction of sp³-hybridized carbons (Fsp3) is 0.300. The lowest BCUT2D eigenvalue weighted by atomic mass is 10.1. The largest absolute Gasteiger partial charge is 0.389 e. The Morgan fingerprint density at radius 3 is 2.52 bits per heavy atom. The summed E-state index contributed by atoms with van der Waals surface area (Å²) in [6.07, 6.45) is 3.06. The number of aromatic nitrogens is 4. The zero-order chi connectivity index (χ0) is 21.2. The molecule has 9 heteroatoms. The highest BCUT2D eigenvalue weighted by Gasteiger charge is 2.20. The summed E-state index contributed by atoms with van der Waals surface area (Å²) in [5.74, 6) is -0.626. The van der Waals surface area contributed by atoms with Gasteiger partial charge in [-0.3, -0.25) is 14.3 Å². The van der Waals surface area contributed by atoms with Crippen LogP contribution in [0.2, 0.25) is 0 Å². The summed E-state index contributed by atoms with van der Waals surface area (Å²) in [7, 11) is 1.70. The lowest BCUT2D eigenvalue weighted by Gasteiger charge is -2.17. The van der Waals surface area contributed by atoms with Crippen molar-refractivity contribution in [1.82, 2.24) is 24.9 Å². The summed E-state index contributed by atoms with van der Waals surface area (Å²) in [5, 5.41) is 20.8. The number of amides is 1. The summed E-state index contributed by atoms with van der Waals surface area (Å²) in [5.41, 5.74) is 0.0289. The Morgan fingerprint density at radius 1 is 1.28 bits per heavy atom. The van der Waals surface area contributed by atoms with Gasteiger partial charge in [0.2, 0.25) is 0 Å². The van der Waals surface area contributed by atoms with Crippen molar-refractivity contribution >= 4 is 5.91 Å². The maximum absolute atomic E-state index is 12.9. The Kier molecular flexibility index (Phi) is 5.60. The Balaban J connectivity index is 2.11. The Morgan fingerprint density at radius 2 is 1.97 bits per heavy atom. The van der Waals surface area contributed by atoms with Crippen molar-refractivity contribution in [1.29, 1.82) is 0 Å². The minimum atomic E-state index is -1.13. The van der Waals surface area contributed by atoms with Crippen molar-refractivity contribution in [3.63, 3.8) is 0 Å². The molecule has 0 spiro atoms. The van der Waals surface area contributed by atoms with Gasteiger partial charge in [0.15, 0.2) is 0 Å². The highest BCUT2D eigenvalue weighted by Crippen LogP contribution is 2.19. The second-order valence-electron chi connectivity index (χ2n) is 7.36. The number of hydrogen-bond acceptors (Lipinski definition) is 5. The van der Waals surface area contributed by atoms with E-state index in [-0.39, 0.29) is 12.1 Å². The monoisotopic (exact) mass is 399 g/mol. The lowest BCUT2D eigenvalue weighted by molar-refractivity contribution is 0.0693. The minimum Gasteiger partial charge on any atom is -0.389 e. The van der Waals surface area contributed by atoms with E-state index in [0.29, 0.717) is 22.5 Å². The summed E-state index contributed by atoms with van der Waals surface area (Å²) in [6.45, 7) is 2.48. The lowest BCUT2D eigenvalue weighted by Crippen LogP contribution is -2.41. The van der Waals surface area contributed by atoms with Gasteiger partial charge in [-0.25, -0.2) is 4.39 Å². The molecule has 0 aliphatic rings. The van der Waals surface area contributed by atoms with Gasteiger partial charge >= 0.3 is 0 Å². The van der Waals surface area contributed by atoms with Crippen LogP contribution in [-0.2, 0) is 13.7 Å². The number of carbonyl (C=O) groups is 1. The van der Waals surface area contributed by atoms with E-state index in [1.807, 2.05) is 0 Å². The Hall–Kier alpha value is -3.33. The second-order valence-corrected chi connectivity index (χ2v) is 7.36. The topological polar surface area (TPSA) is 102 Å². The van der Waals surface area contributed by atoms with Crippen LogP contribution >= 0.6 is 0 Å². The smallest absolute Gasteiger partial charge is 0.284 e. The van der Waals surface area contributed by atoms with Crippen LogP contribution in [0, 0.1) is 0 Å². The first-order valence-electron chi connectivity index (χ1n) is 8.97. The van der Waals surface area contributed by atoms with Gasteiger partial charge in [0, 0.05) is 19.2 Å². The van der Waals surface area contributed by atoms with E-state index < -0.39 is 23.7 Å². The third kappa shape index (κ3) is 4.75. The maximum atomic E-state index is 12.9. The van der Waals surface area contributed by atoms with E-state index in [0.717, 1.165) is 4.68 Å². The zero-order valence-corrected chi connectivity index (χ0v) is 16.4. The van der Waals surface area contributed by atoms with E-state index in [2.05, 4.69) is 15.5 Å². The average Bonchev–Trinajstić information content (AvgIpc) is 3.12. The van der Waals surface area contributed by atoms with Crippen LogP contribution in [0.5, 0.6) is 0 Å². The molecule has 2 N–H and O–H groups in total. The molecule has 2 aromatic heterocycles. The van der Waals surface area contributed by atoms with Crippen LogP contribution in [-0.4, -0.2) is 42.7 Å². The molecule has 152 valence electrons. The van der Waals surface area contributed by atoms with Crippen molar-refractivity contribution in [2.45, 2.75) is 26.1 Å². The van der Waals surface area contributed by atoms with E-state index in [4.69, 9.17) is 0 Å². The van der Waals surface area contributed by atoms with Crippen molar-refractivity contribution < 1.29 is 14.3 Å². The average molecular weight is 399 g/mol. The van der Waals surface area contributed by atoms with Gasteiger partial charge in [0.05, 0.1) is 23.7 Å². The molecule has 0 saturated heterocycles. The summed E-state index contributed by atoms with van der Waals surface area (Å²) >= 11 is 0. The Labute approximate surface area is 166 Å². The predicted octanol–water partition coefficient (Wildman–Crippen LogP) is 1.60. The van der Waals surface area contributed by atoms with Gasteiger partial charge < -0.3 is 10.4 Å². The van der Waals surface area contributed by atoms with E-state index in [1.54, 1.807) is 51.4 Å². The molecule has 0 atom stereocenters. The Bertz CT molecular complexity index is 1080. The molecule has 2 heterocycles. The number of alkyl halides is 1. The molecule has 0 unspecified atom stereocenters. The first kappa shape index (κ1) is 20.4. The SMILES string of the molecule is Cn1cc(-n2nc(-c3ccc(CF)cc3)cc(C(=O)NCC(C)(C)O)c2=O)cn1. The van der Waals surface area contributed by atoms with Crippen molar-refractivity contribution in [3.05, 3.63) is 64.2 Å². The van der Waals surface area contributed by atoms with E-state index in [1.165, 1.54) is 16.9 Å². The number of carbonyl (C=O) groups excluding carboxylic acids is 1. The van der Waals surface area contributed by atoms with E-state index in [9.17, 15) is 19.1 Å². The van der Waals surface area contributed by atoms with Crippen LogP contribution < -0.4 is 10.9 Å². The first-order chi connectivity index (χ1) is 13.7. The van der Waals surface area contributed by atoms with Crippen molar-refractivity contribution in [2.75, 3.05) is 6.54 Å². The fourth-order valence-electron chi connectivity index (χ4n) is 2.65. The van der Waals surface area contributed by atoms with Gasteiger partial charge in [-0.1, -0.05) is 24.3 Å². The van der Waals surface area contributed by atoms with Crippen LogP contribution in [0.3, 0.4) is 0 Å². The highest BCUT2D eigenvalue weighted by molar-refractivity contribution is 5.94. The predicted molar refractivity (Wildman–Crippen MR) is 105 cm³/mol. The van der Waals surface area contributed by atoms with Crippen LogP contribution in [0.25, 0.3) is 16.9 Å². The highest BCUT2D eigenvalue weighted by atomic mass is 19.1. The second kappa shape index (κ2) is 7.96. The molecule has 0 fully saturated rings. The molecule has 8 nitrogen and oxygen atoms in total. The van der Waals surface area contributed by atoms with Crippen LogP contribution in [0.4, 0.5) is 4.39 Å². The van der Waals surface area contributed by atoms with E-state index >= 15 is 0 Å². The van der Waals surface area contributed by atoms with Crippen molar-refractivity contribution in [3.8, 4) is 16.9 Å². The quantitative estimate of drug-likeness (QED) is 0.656. The molecule has 0 saturated carbocycles. The number of benzene rings is 1. The van der Waals surface area contributed by atoms with Crippen LogP contribution in [0.15, 0.2) is 47.5 Å². The molecule has 0 bridgehead atoms. The standard InChI is InChI=1S/C20H22FN5O3/c1-20(2,29)12-22-18(27)16-8-17(14-6-4-13(9-21)5-7-14)24-26(19(16)28)15-10-23-25(3)11-15/h4-8,10-11,29H,9,12H2,1-3H3,(H,22,27). The van der Waals surface area contributed by atoms with Gasteiger partial charge in [-0.2, -0.15) is 14.9 Å². The number of nitrogens with one attached hydrogen (secondary N) is 1. The number of rotatable bonds is 6. The number of aliphatic hydroxyl groups is 1. The summed E-state index contributed by atoms with van der Waals surface area (Å²) < 4.78 is 15.4. The third-order valence-electron chi connectivity index (χ3n) is 4.18. The number of nitrogens with zero attached hydrogens (tertiary/aromatic N) is 4. The number of aryl methyl sites for hydroxylation is 1. The molecular weight excluding hydrogens is 377 g/mol. The summed E-state index contributed by atoms with van der Waals surface area (Å²) in [4.78, 5) is 25.6. The molecule has 3 aromatic rings. The zero-order valence-electron chi connectivity index (χ0n) is 16.4. The molecule has 0 aliphatic heterocycles. The minimum absolute atomic E-state index is 0.0268. The molecule has 0 radical (unpaired) electrons. The van der Waals surface area contributed by atoms with Crippen molar-refractivity contribution in [2.24, 2.45) is 7.05 Å². The number of hydrogen-bond donors (Lipinski definition) is 2. The molecule has 0 aliphatic carbocycles. The van der Waals surface area contributed by atoms with Crippen LogP contribution in [0.1, 0.15) is 29.8 Å². The third-order valence-corrected chi connectivity index (χ3v) is 4.18.